The third kappa shape index (κ3) is 5.06. The number of methoxy groups -OCH3 is 1. The number of hydrogen-bond acceptors (Lipinski definition) is 9. The lowest BCUT2D eigenvalue weighted by Crippen LogP contribution is -2.08. The molecule has 0 amide bonds. The first-order valence-electron chi connectivity index (χ1n) is 8.56. The highest BCUT2D eigenvalue weighted by atomic mass is 32.2. The van der Waals surface area contributed by atoms with E-state index < -0.39 is 5.97 Å². The standard InChI is InChI=1S/C20H18N4O4S/c1-12-4-3-5-13(8-12)27-10-16-15(9-21)18(22)24-20(23-16)29-11-14-6-7-17(28-14)19(25)26-2/h3-8H,10-11H2,1-2H3,(H2,22,23,24). The molecule has 148 valence electrons. The Morgan fingerprint density at radius 2 is 2.14 bits per heavy atom. The number of nitrogen functional groups attached to an aromatic ring is 1. The van der Waals surface area contributed by atoms with Crippen molar-refractivity contribution in [1.82, 2.24) is 9.97 Å². The fourth-order valence-corrected chi connectivity index (χ4v) is 3.22. The van der Waals surface area contributed by atoms with Crippen LogP contribution in [-0.4, -0.2) is 23.0 Å². The van der Waals surface area contributed by atoms with Gasteiger partial charge in [0.1, 0.15) is 41.3 Å². The van der Waals surface area contributed by atoms with Crippen LogP contribution < -0.4 is 10.5 Å². The molecule has 29 heavy (non-hydrogen) atoms. The van der Waals surface area contributed by atoms with Crippen molar-refractivity contribution in [2.24, 2.45) is 0 Å². The zero-order chi connectivity index (χ0) is 20.8. The lowest BCUT2D eigenvalue weighted by Gasteiger charge is -2.10. The van der Waals surface area contributed by atoms with Crippen LogP contribution in [0.25, 0.3) is 0 Å². The third-order valence-electron chi connectivity index (χ3n) is 3.86. The zero-order valence-corrected chi connectivity index (χ0v) is 16.7. The van der Waals surface area contributed by atoms with E-state index in [1.165, 1.54) is 24.9 Å². The van der Waals surface area contributed by atoms with Crippen LogP contribution in [0.4, 0.5) is 5.82 Å². The fraction of sp³-hybridized carbons (Fsp3) is 0.200. The molecular weight excluding hydrogens is 392 g/mol. The van der Waals surface area contributed by atoms with Gasteiger partial charge in [0.2, 0.25) is 5.76 Å². The number of nitriles is 1. The van der Waals surface area contributed by atoms with E-state index in [0.717, 1.165) is 5.56 Å². The van der Waals surface area contributed by atoms with Crippen LogP contribution in [0.5, 0.6) is 5.75 Å². The summed E-state index contributed by atoms with van der Waals surface area (Å²) in [5.41, 5.74) is 7.58. The van der Waals surface area contributed by atoms with Crippen LogP contribution in [-0.2, 0) is 17.1 Å². The molecule has 2 aromatic heterocycles. The molecule has 0 fully saturated rings. The molecule has 1 aromatic carbocycles. The van der Waals surface area contributed by atoms with Crippen LogP contribution in [0, 0.1) is 18.3 Å². The summed E-state index contributed by atoms with van der Waals surface area (Å²) in [5, 5.41) is 9.76. The van der Waals surface area contributed by atoms with Gasteiger partial charge in [0.25, 0.3) is 0 Å². The Balaban J connectivity index is 1.73. The second kappa shape index (κ2) is 9.12. The molecule has 0 bridgehead atoms. The van der Waals surface area contributed by atoms with E-state index in [1.54, 1.807) is 6.07 Å². The number of anilines is 1. The molecule has 0 spiro atoms. The van der Waals surface area contributed by atoms with Crippen LogP contribution in [0.3, 0.4) is 0 Å². The number of nitrogens with zero attached hydrogens (tertiary/aromatic N) is 3. The molecule has 8 nitrogen and oxygen atoms in total. The maximum atomic E-state index is 11.5. The Kier molecular flexibility index (Phi) is 6.36. The predicted molar refractivity (Wildman–Crippen MR) is 106 cm³/mol. The Hall–Kier alpha value is -3.51. The highest BCUT2D eigenvalue weighted by molar-refractivity contribution is 7.98. The number of carbonyl (C=O) groups is 1. The summed E-state index contributed by atoms with van der Waals surface area (Å²) in [7, 11) is 1.28. The quantitative estimate of drug-likeness (QED) is 0.354. The van der Waals surface area contributed by atoms with Gasteiger partial charge in [-0.2, -0.15) is 5.26 Å². The van der Waals surface area contributed by atoms with E-state index in [-0.39, 0.29) is 23.7 Å². The third-order valence-corrected chi connectivity index (χ3v) is 4.73. The average Bonchev–Trinajstić information content (AvgIpc) is 3.19. The lowest BCUT2D eigenvalue weighted by molar-refractivity contribution is 0.0563. The molecule has 0 aliphatic heterocycles. The summed E-state index contributed by atoms with van der Waals surface area (Å²) in [6, 6.07) is 12.8. The molecular formula is C20H18N4O4S. The summed E-state index contributed by atoms with van der Waals surface area (Å²) in [6.45, 7) is 2.05. The number of aryl methyl sites for hydroxylation is 1. The van der Waals surface area contributed by atoms with Crippen molar-refractivity contribution in [3.8, 4) is 11.8 Å². The molecule has 0 saturated heterocycles. The molecule has 0 atom stereocenters. The van der Waals surface area contributed by atoms with Gasteiger partial charge in [0.05, 0.1) is 12.9 Å². The summed E-state index contributed by atoms with van der Waals surface area (Å²) in [5.74, 6) is 1.26. The Morgan fingerprint density at radius 1 is 1.31 bits per heavy atom. The number of ether oxygens (including phenoxy) is 2. The molecule has 0 radical (unpaired) electrons. The molecule has 0 unspecified atom stereocenters. The van der Waals surface area contributed by atoms with E-state index in [4.69, 9.17) is 14.9 Å². The summed E-state index contributed by atoms with van der Waals surface area (Å²) < 4.78 is 15.8. The summed E-state index contributed by atoms with van der Waals surface area (Å²) >= 11 is 1.26. The van der Waals surface area contributed by atoms with Crippen molar-refractivity contribution in [2.45, 2.75) is 24.4 Å². The Labute approximate surface area is 171 Å². The molecule has 0 aliphatic rings. The second-order valence-electron chi connectivity index (χ2n) is 5.98. The predicted octanol–water partition coefficient (Wildman–Crippen LogP) is 3.49. The van der Waals surface area contributed by atoms with Crippen molar-refractivity contribution in [3.63, 3.8) is 0 Å². The molecule has 2 heterocycles. The average molecular weight is 410 g/mol. The van der Waals surface area contributed by atoms with Gasteiger partial charge in [-0.25, -0.2) is 14.8 Å². The van der Waals surface area contributed by atoms with Crippen LogP contribution >= 0.6 is 11.8 Å². The van der Waals surface area contributed by atoms with Gasteiger partial charge in [-0.1, -0.05) is 23.9 Å². The maximum Gasteiger partial charge on any atom is 0.373 e. The first kappa shape index (κ1) is 20.2. The summed E-state index contributed by atoms with van der Waals surface area (Å²) in [6.07, 6.45) is 0. The van der Waals surface area contributed by atoms with Gasteiger partial charge in [0.15, 0.2) is 5.16 Å². The van der Waals surface area contributed by atoms with Crippen molar-refractivity contribution in [3.05, 3.63) is 64.7 Å². The first-order valence-corrected chi connectivity index (χ1v) is 9.54. The van der Waals surface area contributed by atoms with Crippen molar-refractivity contribution < 1.29 is 18.7 Å². The van der Waals surface area contributed by atoms with Gasteiger partial charge in [0, 0.05) is 0 Å². The van der Waals surface area contributed by atoms with Crippen molar-refractivity contribution >= 4 is 23.5 Å². The minimum Gasteiger partial charge on any atom is -0.487 e. The minimum atomic E-state index is -0.546. The number of esters is 1. The van der Waals surface area contributed by atoms with E-state index in [1.807, 2.05) is 37.3 Å². The van der Waals surface area contributed by atoms with Crippen LogP contribution in [0.15, 0.2) is 46.0 Å². The molecule has 9 heteroatoms. The van der Waals surface area contributed by atoms with E-state index in [2.05, 4.69) is 14.7 Å². The largest absolute Gasteiger partial charge is 0.487 e. The number of nitrogens with two attached hydrogens (primary N) is 1. The highest BCUT2D eigenvalue weighted by Gasteiger charge is 2.15. The Morgan fingerprint density at radius 3 is 2.86 bits per heavy atom. The van der Waals surface area contributed by atoms with Crippen LogP contribution in [0.1, 0.15) is 33.1 Å². The number of benzene rings is 1. The van der Waals surface area contributed by atoms with Crippen molar-refractivity contribution in [1.29, 1.82) is 5.26 Å². The number of aromatic nitrogens is 2. The first-order chi connectivity index (χ1) is 14.0. The lowest BCUT2D eigenvalue weighted by atomic mass is 10.2. The van der Waals surface area contributed by atoms with Gasteiger partial charge in [-0.05, 0) is 36.8 Å². The molecule has 0 saturated carbocycles. The minimum absolute atomic E-state index is 0.0832. The number of thioether (sulfide) groups is 1. The number of rotatable bonds is 7. The monoisotopic (exact) mass is 410 g/mol. The Bertz CT molecular complexity index is 1070. The van der Waals surface area contributed by atoms with E-state index >= 15 is 0 Å². The molecule has 2 N–H and O–H groups in total. The number of carbonyl (C=O) groups excluding carboxylic acids is 1. The van der Waals surface area contributed by atoms with E-state index in [0.29, 0.717) is 28.1 Å². The highest BCUT2D eigenvalue weighted by Crippen LogP contribution is 2.25. The van der Waals surface area contributed by atoms with Gasteiger partial charge >= 0.3 is 5.97 Å². The van der Waals surface area contributed by atoms with Gasteiger partial charge in [-0.15, -0.1) is 0 Å². The number of furan rings is 1. The molecule has 3 rings (SSSR count). The van der Waals surface area contributed by atoms with Gasteiger partial charge in [-0.3, -0.25) is 0 Å². The SMILES string of the molecule is COC(=O)c1ccc(CSc2nc(N)c(C#N)c(COc3cccc(C)c3)n2)o1. The normalized spacial score (nSPS) is 10.4. The zero-order valence-electron chi connectivity index (χ0n) is 15.8. The van der Waals surface area contributed by atoms with Crippen molar-refractivity contribution in [2.75, 3.05) is 12.8 Å². The topological polar surface area (TPSA) is 124 Å². The maximum absolute atomic E-state index is 11.5. The number of hydrogen-bond donors (Lipinski definition) is 1. The molecule has 3 aromatic rings. The summed E-state index contributed by atoms with van der Waals surface area (Å²) in [4.78, 5) is 20.0. The fourth-order valence-electron chi connectivity index (χ4n) is 2.45. The second-order valence-corrected chi connectivity index (χ2v) is 6.92. The smallest absolute Gasteiger partial charge is 0.373 e. The van der Waals surface area contributed by atoms with Gasteiger partial charge < -0.3 is 19.6 Å². The molecule has 0 aliphatic carbocycles. The van der Waals surface area contributed by atoms with Crippen LogP contribution in [0.2, 0.25) is 0 Å². The van der Waals surface area contributed by atoms with E-state index in [9.17, 15) is 10.1 Å².